The minimum absolute atomic E-state index is 0.0202. The zero-order chi connectivity index (χ0) is 30.0. The molecular weight excluding hydrogens is 545 g/mol. The molecule has 2 aromatic carbocycles. The molecule has 0 aliphatic carbocycles. The summed E-state index contributed by atoms with van der Waals surface area (Å²) in [6.07, 6.45) is 5.36. The number of anilines is 1. The molecule has 41 heavy (non-hydrogen) atoms. The fourth-order valence-electron chi connectivity index (χ4n) is 5.59. The first-order chi connectivity index (χ1) is 19.2. The molecule has 220 valence electrons. The van der Waals surface area contributed by atoms with Crippen LogP contribution in [-0.4, -0.2) is 34.6 Å². The Morgan fingerprint density at radius 1 is 1.17 bits per heavy atom. The number of benzene rings is 2. The summed E-state index contributed by atoms with van der Waals surface area (Å²) < 4.78 is 49.4. The summed E-state index contributed by atoms with van der Waals surface area (Å²) in [6, 6.07) is 13.1. The lowest BCUT2D eigenvalue weighted by molar-refractivity contribution is -0.161. The fraction of sp³-hybridized carbons (Fsp3) is 0.419. The molecule has 0 unspecified atom stereocenters. The highest BCUT2D eigenvalue weighted by atomic mass is 32.2. The second-order valence-corrected chi connectivity index (χ2v) is 13.5. The number of ether oxygens (including phenoxy) is 1. The van der Waals surface area contributed by atoms with Gasteiger partial charge in [0.2, 0.25) is 0 Å². The Morgan fingerprint density at radius 2 is 1.88 bits per heavy atom. The number of carbonyl (C=O) groups excluding carboxylic acids is 1. The molecule has 0 spiro atoms. The van der Waals surface area contributed by atoms with Crippen LogP contribution in [0.1, 0.15) is 70.4 Å². The number of aryl methyl sites for hydroxylation is 2. The van der Waals surface area contributed by atoms with Crippen molar-refractivity contribution in [3.63, 3.8) is 0 Å². The van der Waals surface area contributed by atoms with E-state index in [9.17, 15) is 22.7 Å². The fourth-order valence-corrected chi connectivity index (χ4v) is 6.62. The number of nitrogens with zero attached hydrogens (tertiary/aromatic N) is 2. The molecule has 1 aliphatic heterocycles. The van der Waals surface area contributed by atoms with Gasteiger partial charge in [-0.25, -0.2) is 14.2 Å². The first kappa shape index (κ1) is 30.3. The minimum Gasteiger partial charge on any atom is -0.512 e. The molecule has 0 bridgehead atoms. The second-order valence-electron chi connectivity index (χ2n) is 11.9. The number of aromatic nitrogens is 2. The van der Waals surface area contributed by atoms with E-state index in [0.29, 0.717) is 30.5 Å². The van der Waals surface area contributed by atoms with Gasteiger partial charge in [0.05, 0.1) is 11.9 Å². The van der Waals surface area contributed by atoms with Crippen LogP contribution in [0.3, 0.4) is 0 Å². The molecule has 2 heterocycles. The predicted octanol–water partition coefficient (Wildman–Crippen LogP) is 6.42. The summed E-state index contributed by atoms with van der Waals surface area (Å²) in [6.45, 7) is 7.87. The number of hydrogen-bond donors (Lipinski definition) is 2. The number of aliphatic hydroxyl groups is 1. The number of sulfonamides is 1. The Labute approximate surface area is 241 Å². The van der Waals surface area contributed by atoms with Gasteiger partial charge in [0.25, 0.3) is 10.0 Å². The molecule has 1 aliphatic rings. The quantitative estimate of drug-likeness (QED) is 0.267. The van der Waals surface area contributed by atoms with Crippen molar-refractivity contribution < 1.29 is 27.4 Å². The third-order valence-corrected chi connectivity index (χ3v) is 8.67. The number of halogens is 1. The largest absolute Gasteiger partial charge is 0.512 e. The van der Waals surface area contributed by atoms with E-state index in [0.717, 1.165) is 12.0 Å². The number of carbonyl (C=O) groups is 1. The van der Waals surface area contributed by atoms with E-state index in [1.54, 1.807) is 41.9 Å². The second kappa shape index (κ2) is 11.7. The van der Waals surface area contributed by atoms with Gasteiger partial charge in [-0.1, -0.05) is 58.4 Å². The molecule has 10 heteroatoms. The average Bonchev–Trinajstić information content (AvgIpc) is 3.33. The van der Waals surface area contributed by atoms with Gasteiger partial charge >= 0.3 is 5.97 Å². The van der Waals surface area contributed by atoms with Crippen LogP contribution in [0.15, 0.2) is 77.4 Å². The van der Waals surface area contributed by atoms with Gasteiger partial charge in [0.15, 0.2) is 5.03 Å². The Balaban J connectivity index is 1.65. The Morgan fingerprint density at radius 3 is 2.46 bits per heavy atom. The average molecular weight is 584 g/mol. The van der Waals surface area contributed by atoms with Crippen LogP contribution in [0.25, 0.3) is 0 Å². The van der Waals surface area contributed by atoms with Crippen molar-refractivity contribution >= 4 is 21.7 Å². The summed E-state index contributed by atoms with van der Waals surface area (Å²) in [7, 11) is -2.24. The van der Waals surface area contributed by atoms with E-state index in [4.69, 9.17) is 4.74 Å². The van der Waals surface area contributed by atoms with E-state index in [1.165, 1.54) is 24.7 Å². The number of rotatable bonds is 10. The van der Waals surface area contributed by atoms with E-state index < -0.39 is 32.9 Å². The first-order valence-corrected chi connectivity index (χ1v) is 15.2. The predicted molar refractivity (Wildman–Crippen MR) is 155 cm³/mol. The lowest BCUT2D eigenvalue weighted by atomic mass is 9.70. The smallest absolute Gasteiger partial charge is 0.338 e. The monoisotopic (exact) mass is 583 g/mol. The SMILES string of the molecule is CCC[C@@]1(CCc2ccc(F)cc2)CC(O)=C([C@@H](c2cccc(NS(=O)(=O)c3cn(C)cn3)c2)C(C)(C)C)C(=O)O1. The molecule has 3 aromatic rings. The molecule has 2 atom stereocenters. The Hall–Kier alpha value is -3.66. The molecule has 0 radical (unpaired) electrons. The highest BCUT2D eigenvalue weighted by Gasteiger charge is 2.46. The van der Waals surface area contributed by atoms with E-state index in [-0.39, 0.29) is 28.6 Å². The lowest BCUT2D eigenvalue weighted by Crippen LogP contribution is -2.43. The molecule has 2 N–H and O–H groups in total. The van der Waals surface area contributed by atoms with Crippen molar-refractivity contribution in [2.75, 3.05) is 4.72 Å². The normalized spacial score (nSPS) is 18.7. The van der Waals surface area contributed by atoms with Crippen molar-refractivity contribution in [1.82, 2.24) is 9.55 Å². The molecule has 1 aromatic heterocycles. The van der Waals surface area contributed by atoms with Crippen LogP contribution < -0.4 is 4.72 Å². The molecule has 8 nitrogen and oxygen atoms in total. The zero-order valence-corrected chi connectivity index (χ0v) is 25.0. The van der Waals surface area contributed by atoms with Crippen LogP contribution >= 0.6 is 0 Å². The van der Waals surface area contributed by atoms with Gasteiger partial charge in [-0.3, -0.25) is 4.72 Å². The highest BCUT2D eigenvalue weighted by molar-refractivity contribution is 7.92. The van der Waals surface area contributed by atoms with Gasteiger partial charge in [-0.2, -0.15) is 8.42 Å². The van der Waals surface area contributed by atoms with Crippen LogP contribution in [0.2, 0.25) is 0 Å². The number of nitrogens with one attached hydrogen (secondary N) is 1. The summed E-state index contributed by atoms with van der Waals surface area (Å²) >= 11 is 0. The van der Waals surface area contributed by atoms with Crippen molar-refractivity contribution in [3.05, 3.63) is 89.3 Å². The molecule has 0 saturated carbocycles. The Bertz CT molecular complexity index is 1540. The summed E-state index contributed by atoms with van der Waals surface area (Å²) in [5.74, 6) is -1.49. The summed E-state index contributed by atoms with van der Waals surface area (Å²) in [5.41, 5.74) is 0.661. The van der Waals surface area contributed by atoms with Crippen LogP contribution in [0.5, 0.6) is 0 Å². The zero-order valence-electron chi connectivity index (χ0n) is 24.1. The third-order valence-electron chi connectivity index (χ3n) is 7.40. The van der Waals surface area contributed by atoms with Crippen molar-refractivity contribution in [2.45, 2.75) is 76.3 Å². The minimum atomic E-state index is -3.93. The first-order valence-electron chi connectivity index (χ1n) is 13.7. The van der Waals surface area contributed by atoms with Crippen LogP contribution in [-0.2, 0) is 33.0 Å². The number of imidazole rings is 1. The molecule has 0 fully saturated rings. The van der Waals surface area contributed by atoms with Crippen LogP contribution in [0.4, 0.5) is 10.1 Å². The lowest BCUT2D eigenvalue weighted by Gasteiger charge is -2.41. The topological polar surface area (TPSA) is 111 Å². The maximum Gasteiger partial charge on any atom is 0.338 e. The number of aliphatic hydroxyl groups excluding tert-OH is 1. The molecule has 4 rings (SSSR count). The van der Waals surface area contributed by atoms with Gasteiger partial charge < -0.3 is 14.4 Å². The van der Waals surface area contributed by atoms with Crippen molar-refractivity contribution in [1.29, 1.82) is 0 Å². The van der Waals surface area contributed by atoms with E-state index in [2.05, 4.69) is 9.71 Å². The Kier molecular flexibility index (Phi) is 8.63. The third kappa shape index (κ3) is 6.98. The van der Waals surface area contributed by atoms with E-state index in [1.807, 2.05) is 33.8 Å². The van der Waals surface area contributed by atoms with Crippen LogP contribution in [0, 0.1) is 11.2 Å². The maximum atomic E-state index is 13.7. The summed E-state index contributed by atoms with van der Waals surface area (Å²) in [4.78, 5) is 17.6. The van der Waals surface area contributed by atoms with Crippen molar-refractivity contribution in [2.24, 2.45) is 12.5 Å². The van der Waals surface area contributed by atoms with E-state index >= 15 is 0 Å². The molecule has 0 amide bonds. The number of esters is 1. The van der Waals surface area contributed by atoms with Gasteiger partial charge in [-0.05, 0) is 60.1 Å². The molecular formula is C31H38FN3O5S. The molecule has 0 saturated heterocycles. The maximum absolute atomic E-state index is 13.7. The number of hydrogen-bond acceptors (Lipinski definition) is 6. The van der Waals surface area contributed by atoms with Gasteiger partial charge in [-0.15, -0.1) is 0 Å². The van der Waals surface area contributed by atoms with Gasteiger partial charge in [0.1, 0.15) is 17.2 Å². The highest BCUT2D eigenvalue weighted by Crippen LogP contribution is 2.47. The standard InChI is InChI=1S/C31H38FN3O5S/c1-6-15-31(16-14-21-10-12-23(32)13-11-21)18-25(36)27(29(37)40-31)28(30(2,3)4)22-8-7-9-24(17-22)34-41(38,39)26-19-35(5)20-33-26/h7-13,17,19-20,28,34,36H,6,14-16,18H2,1-5H3/t28-,31-/m1/s1. The summed E-state index contributed by atoms with van der Waals surface area (Å²) in [5, 5.41) is 11.3. The number of cyclic esters (lactones) is 1. The van der Waals surface area contributed by atoms with Crippen molar-refractivity contribution in [3.8, 4) is 0 Å². The van der Waals surface area contributed by atoms with Gasteiger partial charge in [0, 0.05) is 31.3 Å².